The summed E-state index contributed by atoms with van der Waals surface area (Å²) in [6.45, 7) is 2.26. The van der Waals surface area contributed by atoms with Crippen LogP contribution in [-0.4, -0.2) is 24.1 Å². The van der Waals surface area contributed by atoms with Crippen LogP contribution in [0.1, 0.15) is 19.8 Å². The molecule has 19 heavy (non-hydrogen) atoms. The third-order valence-corrected chi connectivity index (χ3v) is 2.44. The topological polar surface area (TPSA) is 78.7 Å². The van der Waals surface area contributed by atoms with Gasteiger partial charge in [0.25, 0.3) is 0 Å². The fourth-order valence-corrected chi connectivity index (χ4v) is 1.55. The number of esters is 1. The molecule has 0 unspecified atom stereocenters. The fourth-order valence-electron chi connectivity index (χ4n) is 1.39. The summed E-state index contributed by atoms with van der Waals surface area (Å²) in [6.07, 6.45) is 0.647. The summed E-state index contributed by atoms with van der Waals surface area (Å²) >= 11 is 5.68. The number of nitro groups is 1. The third kappa shape index (κ3) is 5.13. The molecule has 0 atom stereocenters. The molecule has 0 saturated carbocycles. The van der Waals surface area contributed by atoms with E-state index in [0.717, 1.165) is 0 Å². The van der Waals surface area contributed by atoms with E-state index >= 15 is 0 Å². The van der Waals surface area contributed by atoms with Crippen LogP contribution in [0.4, 0.5) is 5.69 Å². The van der Waals surface area contributed by atoms with Crippen LogP contribution in [0.5, 0.6) is 5.75 Å². The molecule has 0 bridgehead atoms. The molecule has 1 aromatic rings. The van der Waals surface area contributed by atoms with Crippen molar-refractivity contribution in [2.45, 2.75) is 19.8 Å². The Balaban J connectivity index is 2.49. The van der Waals surface area contributed by atoms with E-state index in [1.54, 1.807) is 6.92 Å². The molecular weight excluding hydrogens is 274 g/mol. The highest BCUT2D eigenvalue weighted by atomic mass is 35.5. The predicted molar refractivity (Wildman–Crippen MR) is 69.5 cm³/mol. The third-order valence-electron chi connectivity index (χ3n) is 2.21. The number of rotatable bonds is 7. The lowest BCUT2D eigenvalue weighted by atomic mass is 10.3. The van der Waals surface area contributed by atoms with Crippen LogP contribution in [0, 0.1) is 10.1 Å². The van der Waals surface area contributed by atoms with Gasteiger partial charge in [0, 0.05) is 17.5 Å². The minimum absolute atomic E-state index is 0.137. The molecule has 0 aliphatic carbocycles. The highest BCUT2D eigenvalue weighted by molar-refractivity contribution is 6.30. The number of hydrogen-bond donors (Lipinski definition) is 0. The molecule has 0 aliphatic heterocycles. The van der Waals surface area contributed by atoms with Gasteiger partial charge in [0.05, 0.1) is 18.1 Å². The molecule has 0 saturated heterocycles. The fraction of sp³-hybridized carbons (Fsp3) is 0.417. The lowest BCUT2D eigenvalue weighted by Gasteiger charge is -2.06. The Morgan fingerprint density at radius 2 is 2.21 bits per heavy atom. The number of benzene rings is 1. The Bertz CT molecular complexity index is 463. The van der Waals surface area contributed by atoms with E-state index < -0.39 is 4.92 Å². The summed E-state index contributed by atoms with van der Waals surface area (Å²) in [7, 11) is 0. The number of carbonyl (C=O) groups excluding carboxylic acids is 1. The summed E-state index contributed by atoms with van der Waals surface area (Å²) in [5, 5.41) is 11.1. The van der Waals surface area contributed by atoms with E-state index in [9.17, 15) is 14.9 Å². The summed E-state index contributed by atoms with van der Waals surface area (Å²) in [6, 6.07) is 4.17. The van der Waals surface area contributed by atoms with Gasteiger partial charge in [-0.2, -0.15) is 0 Å². The Morgan fingerprint density at radius 1 is 1.47 bits per heavy atom. The monoisotopic (exact) mass is 287 g/mol. The molecule has 0 N–H and O–H groups in total. The maximum atomic E-state index is 11.1. The predicted octanol–water partition coefficient (Wildman–Crippen LogP) is 2.97. The zero-order valence-electron chi connectivity index (χ0n) is 10.4. The number of nitro benzene ring substituents is 1. The largest absolute Gasteiger partial charge is 0.487 e. The first kappa shape index (κ1) is 15.2. The van der Waals surface area contributed by atoms with Crippen LogP contribution >= 0.6 is 11.6 Å². The first-order valence-electron chi connectivity index (χ1n) is 5.77. The van der Waals surface area contributed by atoms with Crippen LogP contribution in [0.3, 0.4) is 0 Å². The maximum absolute atomic E-state index is 11.1. The van der Waals surface area contributed by atoms with Crippen molar-refractivity contribution in [1.82, 2.24) is 0 Å². The second-order valence-electron chi connectivity index (χ2n) is 3.63. The molecule has 0 radical (unpaired) electrons. The van der Waals surface area contributed by atoms with Gasteiger partial charge in [0.1, 0.15) is 0 Å². The first-order chi connectivity index (χ1) is 9.04. The van der Waals surface area contributed by atoms with E-state index in [0.29, 0.717) is 13.0 Å². The molecular formula is C12H14ClNO5. The van der Waals surface area contributed by atoms with Crippen molar-refractivity contribution in [3.05, 3.63) is 33.3 Å². The van der Waals surface area contributed by atoms with Crippen molar-refractivity contribution in [3.63, 3.8) is 0 Å². The second kappa shape index (κ2) is 7.58. The van der Waals surface area contributed by atoms with E-state index in [-0.39, 0.29) is 35.5 Å². The molecule has 0 amide bonds. The number of carbonyl (C=O) groups is 1. The SMILES string of the molecule is CCOC(=O)CCCOc1ccc(Cl)cc1[N+](=O)[O-]. The van der Waals surface area contributed by atoms with Gasteiger partial charge in [-0.25, -0.2) is 0 Å². The standard InChI is InChI=1S/C12H14ClNO5/c1-2-18-12(15)4-3-7-19-11-6-5-9(13)8-10(11)14(16)17/h5-6,8H,2-4,7H2,1H3. The Hall–Kier alpha value is -1.82. The van der Waals surface area contributed by atoms with Gasteiger partial charge in [-0.3, -0.25) is 14.9 Å². The summed E-state index contributed by atoms with van der Waals surface area (Å²) < 4.78 is 10.0. The summed E-state index contributed by atoms with van der Waals surface area (Å²) in [5.41, 5.74) is -0.191. The quantitative estimate of drug-likeness (QED) is 0.333. The van der Waals surface area contributed by atoms with Gasteiger partial charge < -0.3 is 9.47 Å². The van der Waals surface area contributed by atoms with E-state index in [4.69, 9.17) is 21.1 Å². The zero-order chi connectivity index (χ0) is 14.3. The molecule has 1 aromatic carbocycles. The van der Waals surface area contributed by atoms with Crippen molar-refractivity contribution in [2.75, 3.05) is 13.2 Å². The zero-order valence-corrected chi connectivity index (χ0v) is 11.2. The molecule has 1 rings (SSSR count). The Kier molecular flexibility index (Phi) is 6.08. The average molecular weight is 288 g/mol. The lowest BCUT2D eigenvalue weighted by Crippen LogP contribution is -2.07. The second-order valence-corrected chi connectivity index (χ2v) is 4.06. The number of ether oxygens (including phenoxy) is 2. The van der Waals surface area contributed by atoms with Crippen LogP contribution < -0.4 is 4.74 Å². The van der Waals surface area contributed by atoms with Gasteiger partial charge in [-0.1, -0.05) is 11.6 Å². The summed E-state index contributed by atoms with van der Waals surface area (Å²) in [5.74, 6) is -0.171. The highest BCUT2D eigenvalue weighted by Crippen LogP contribution is 2.29. The first-order valence-corrected chi connectivity index (χ1v) is 6.14. The van der Waals surface area contributed by atoms with E-state index in [1.165, 1.54) is 18.2 Å². The molecule has 6 nitrogen and oxygen atoms in total. The molecule has 0 fully saturated rings. The van der Waals surface area contributed by atoms with Crippen LogP contribution in [0.15, 0.2) is 18.2 Å². The van der Waals surface area contributed by atoms with Crippen LogP contribution in [0.25, 0.3) is 0 Å². The van der Waals surface area contributed by atoms with Crippen molar-refractivity contribution in [1.29, 1.82) is 0 Å². The van der Waals surface area contributed by atoms with Crippen LogP contribution in [0.2, 0.25) is 5.02 Å². The minimum atomic E-state index is -0.563. The molecule has 7 heteroatoms. The van der Waals surface area contributed by atoms with Crippen molar-refractivity contribution in [2.24, 2.45) is 0 Å². The molecule has 0 aliphatic rings. The van der Waals surface area contributed by atoms with Gasteiger partial charge in [0.2, 0.25) is 0 Å². The smallest absolute Gasteiger partial charge is 0.312 e. The van der Waals surface area contributed by atoms with Gasteiger partial charge in [-0.05, 0) is 25.5 Å². The van der Waals surface area contributed by atoms with Gasteiger partial charge in [0.15, 0.2) is 5.75 Å². The van der Waals surface area contributed by atoms with Crippen molar-refractivity contribution in [3.8, 4) is 5.75 Å². The van der Waals surface area contributed by atoms with E-state index in [2.05, 4.69) is 0 Å². The van der Waals surface area contributed by atoms with Gasteiger partial charge in [-0.15, -0.1) is 0 Å². The van der Waals surface area contributed by atoms with Crippen molar-refractivity contribution < 1.29 is 19.2 Å². The molecule has 104 valence electrons. The Morgan fingerprint density at radius 3 is 2.84 bits per heavy atom. The lowest BCUT2D eigenvalue weighted by molar-refractivity contribution is -0.385. The molecule has 0 aromatic heterocycles. The molecule has 0 heterocycles. The van der Waals surface area contributed by atoms with Crippen LogP contribution in [-0.2, 0) is 9.53 Å². The van der Waals surface area contributed by atoms with Gasteiger partial charge >= 0.3 is 11.7 Å². The van der Waals surface area contributed by atoms with E-state index in [1.807, 2.05) is 0 Å². The highest BCUT2D eigenvalue weighted by Gasteiger charge is 2.15. The number of hydrogen-bond acceptors (Lipinski definition) is 5. The normalized spacial score (nSPS) is 10.0. The maximum Gasteiger partial charge on any atom is 0.312 e. The molecule has 0 spiro atoms. The summed E-state index contributed by atoms with van der Waals surface area (Å²) in [4.78, 5) is 21.3. The number of halogens is 1. The minimum Gasteiger partial charge on any atom is -0.487 e. The Labute approximate surface area is 115 Å². The average Bonchev–Trinajstić information content (AvgIpc) is 2.36. The van der Waals surface area contributed by atoms with Crippen molar-refractivity contribution >= 4 is 23.3 Å². The number of nitrogens with zero attached hydrogens (tertiary/aromatic N) is 1.